The highest BCUT2D eigenvalue weighted by Crippen LogP contribution is 2.21. The Hall–Kier alpha value is -1.62. The van der Waals surface area contributed by atoms with Crippen LogP contribution in [0.1, 0.15) is 24.0 Å². The van der Waals surface area contributed by atoms with Crippen molar-refractivity contribution in [3.63, 3.8) is 0 Å². The Kier molecular flexibility index (Phi) is 5.15. The second kappa shape index (κ2) is 7.09. The lowest BCUT2D eigenvalue weighted by Gasteiger charge is -2.11. The van der Waals surface area contributed by atoms with Crippen LogP contribution in [0.2, 0.25) is 0 Å². The zero-order valence-corrected chi connectivity index (χ0v) is 12.2. The van der Waals surface area contributed by atoms with E-state index in [-0.39, 0.29) is 0 Å². The van der Waals surface area contributed by atoms with Crippen LogP contribution in [0.15, 0.2) is 23.7 Å². The summed E-state index contributed by atoms with van der Waals surface area (Å²) in [5.41, 5.74) is 1.13. The number of nitrogens with zero attached hydrogens (tertiary/aromatic N) is 2. The molecule has 0 spiro atoms. The number of nitrogens with one attached hydrogen (secondary N) is 1. The van der Waals surface area contributed by atoms with Crippen LogP contribution in [0.25, 0.3) is 0 Å². The SMILES string of the molecule is CCCOc1cccnc1NCCc1csc(C)n1. The van der Waals surface area contributed by atoms with Gasteiger partial charge in [-0.3, -0.25) is 0 Å². The Bertz CT molecular complexity index is 513. The number of aryl methyl sites for hydroxylation is 1. The predicted molar refractivity (Wildman–Crippen MR) is 79.1 cm³/mol. The molecule has 0 atom stereocenters. The molecule has 0 bridgehead atoms. The van der Waals surface area contributed by atoms with E-state index in [1.54, 1.807) is 17.5 Å². The van der Waals surface area contributed by atoms with Gasteiger partial charge in [-0.25, -0.2) is 9.97 Å². The first-order valence-corrected chi connectivity index (χ1v) is 7.40. The largest absolute Gasteiger partial charge is 0.490 e. The number of rotatable bonds is 7. The van der Waals surface area contributed by atoms with E-state index in [2.05, 4.69) is 27.6 Å². The third kappa shape index (κ3) is 4.21. The van der Waals surface area contributed by atoms with Gasteiger partial charge in [-0.15, -0.1) is 11.3 Å². The van der Waals surface area contributed by atoms with Crippen molar-refractivity contribution < 1.29 is 4.74 Å². The predicted octanol–water partition coefficient (Wildman–Crippen LogP) is 3.29. The van der Waals surface area contributed by atoms with Crippen molar-refractivity contribution in [2.75, 3.05) is 18.5 Å². The molecule has 2 aromatic rings. The summed E-state index contributed by atoms with van der Waals surface area (Å²) in [6.07, 6.45) is 3.66. The second-order valence-electron chi connectivity index (χ2n) is 4.23. The summed E-state index contributed by atoms with van der Waals surface area (Å²) in [5, 5.41) is 6.52. The number of hydrogen-bond acceptors (Lipinski definition) is 5. The number of pyridine rings is 1. The van der Waals surface area contributed by atoms with E-state index in [0.717, 1.165) is 41.7 Å². The minimum atomic E-state index is 0.714. The molecule has 0 aliphatic rings. The normalized spacial score (nSPS) is 10.4. The maximum Gasteiger partial charge on any atom is 0.168 e. The lowest BCUT2D eigenvalue weighted by molar-refractivity contribution is 0.318. The van der Waals surface area contributed by atoms with Crippen LogP contribution >= 0.6 is 11.3 Å². The van der Waals surface area contributed by atoms with Crippen molar-refractivity contribution in [3.05, 3.63) is 34.4 Å². The zero-order chi connectivity index (χ0) is 13.5. The van der Waals surface area contributed by atoms with Crippen LogP contribution in [0.3, 0.4) is 0 Å². The van der Waals surface area contributed by atoms with Crippen LogP contribution in [0, 0.1) is 6.92 Å². The van der Waals surface area contributed by atoms with E-state index in [1.807, 2.05) is 19.1 Å². The van der Waals surface area contributed by atoms with Gasteiger partial charge < -0.3 is 10.1 Å². The van der Waals surface area contributed by atoms with Crippen molar-refractivity contribution in [2.45, 2.75) is 26.7 Å². The lowest BCUT2D eigenvalue weighted by Crippen LogP contribution is -2.08. The van der Waals surface area contributed by atoms with Crippen molar-refractivity contribution in [1.29, 1.82) is 0 Å². The third-order valence-electron chi connectivity index (χ3n) is 2.57. The van der Waals surface area contributed by atoms with Crippen LogP contribution in [0.4, 0.5) is 5.82 Å². The minimum absolute atomic E-state index is 0.714. The lowest BCUT2D eigenvalue weighted by atomic mass is 10.3. The van der Waals surface area contributed by atoms with E-state index in [0.29, 0.717) is 6.61 Å². The molecular formula is C14H19N3OS. The fourth-order valence-corrected chi connectivity index (χ4v) is 2.33. The summed E-state index contributed by atoms with van der Waals surface area (Å²) >= 11 is 1.69. The quantitative estimate of drug-likeness (QED) is 0.843. The van der Waals surface area contributed by atoms with Gasteiger partial charge in [-0.1, -0.05) is 6.92 Å². The molecule has 0 radical (unpaired) electrons. The maximum absolute atomic E-state index is 5.65. The minimum Gasteiger partial charge on any atom is -0.490 e. The van der Waals surface area contributed by atoms with Crippen molar-refractivity contribution >= 4 is 17.2 Å². The van der Waals surface area contributed by atoms with E-state index in [1.165, 1.54) is 0 Å². The first-order chi connectivity index (χ1) is 9.29. The molecule has 0 amide bonds. The Morgan fingerprint density at radius 2 is 2.32 bits per heavy atom. The van der Waals surface area contributed by atoms with Gasteiger partial charge in [-0.2, -0.15) is 0 Å². The summed E-state index contributed by atoms with van der Waals surface area (Å²) in [7, 11) is 0. The fraction of sp³-hybridized carbons (Fsp3) is 0.429. The monoisotopic (exact) mass is 277 g/mol. The Balaban J connectivity index is 1.88. The van der Waals surface area contributed by atoms with Gasteiger partial charge in [0.15, 0.2) is 11.6 Å². The van der Waals surface area contributed by atoms with E-state index in [4.69, 9.17) is 4.74 Å². The van der Waals surface area contributed by atoms with Gasteiger partial charge in [0, 0.05) is 24.5 Å². The van der Waals surface area contributed by atoms with Crippen LogP contribution < -0.4 is 10.1 Å². The van der Waals surface area contributed by atoms with Crippen molar-refractivity contribution in [1.82, 2.24) is 9.97 Å². The van der Waals surface area contributed by atoms with Gasteiger partial charge >= 0.3 is 0 Å². The molecule has 19 heavy (non-hydrogen) atoms. The zero-order valence-electron chi connectivity index (χ0n) is 11.3. The standard InChI is InChI=1S/C14H19N3OS/c1-3-9-18-13-5-4-7-15-14(13)16-8-6-12-10-19-11(2)17-12/h4-5,7,10H,3,6,8-9H2,1-2H3,(H,15,16). The van der Waals surface area contributed by atoms with Crippen LogP contribution in [-0.2, 0) is 6.42 Å². The van der Waals surface area contributed by atoms with Crippen molar-refractivity contribution in [3.8, 4) is 5.75 Å². The smallest absolute Gasteiger partial charge is 0.168 e. The molecule has 0 aromatic carbocycles. The molecule has 2 aromatic heterocycles. The van der Waals surface area contributed by atoms with Gasteiger partial charge in [0.25, 0.3) is 0 Å². The maximum atomic E-state index is 5.65. The number of hydrogen-bond donors (Lipinski definition) is 1. The van der Waals surface area contributed by atoms with Gasteiger partial charge in [0.05, 0.1) is 17.3 Å². The van der Waals surface area contributed by atoms with Gasteiger partial charge in [0.1, 0.15) is 0 Å². The highest BCUT2D eigenvalue weighted by atomic mass is 32.1. The first kappa shape index (κ1) is 13.8. The Labute approximate surface area is 117 Å². The van der Waals surface area contributed by atoms with Crippen LogP contribution in [0.5, 0.6) is 5.75 Å². The van der Waals surface area contributed by atoms with Crippen molar-refractivity contribution in [2.24, 2.45) is 0 Å². The molecule has 1 N–H and O–H groups in total. The average molecular weight is 277 g/mol. The first-order valence-electron chi connectivity index (χ1n) is 6.52. The topological polar surface area (TPSA) is 47.0 Å². The molecule has 0 saturated heterocycles. The molecule has 0 fully saturated rings. The van der Waals surface area contributed by atoms with E-state index < -0.39 is 0 Å². The molecule has 5 heteroatoms. The molecular weight excluding hydrogens is 258 g/mol. The molecule has 0 unspecified atom stereocenters. The molecule has 2 heterocycles. The summed E-state index contributed by atoms with van der Waals surface area (Å²) in [6, 6.07) is 3.83. The molecule has 0 saturated carbocycles. The molecule has 4 nitrogen and oxygen atoms in total. The number of thiazole rings is 1. The van der Waals surface area contributed by atoms with E-state index >= 15 is 0 Å². The highest BCUT2D eigenvalue weighted by molar-refractivity contribution is 7.09. The second-order valence-corrected chi connectivity index (χ2v) is 5.30. The summed E-state index contributed by atoms with van der Waals surface area (Å²) in [6.45, 7) is 5.64. The van der Waals surface area contributed by atoms with E-state index in [9.17, 15) is 0 Å². The number of ether oxygens (including phenoxy) is 1. The number of aromatic nitrogens is 2. The summed E-state index contributed by atoms with van der Waals surface area (Å²) < 4.78 is 5.65. The summed E-state index contributed by atoms with van der Waals surface area (Å²) in [4.78, 5) is 8.75. The molecule has 102 valence electrons. The Morgan fingerprint density at radius 1 is 1.42 bits per heavy atom. The van der Waals surface area contributed by atoms with Gasteiger partial charge in [0.2, 0.25) is 0 Å². The van der Waals surface area contributed by atoms with Gasteiger partial charge in [-0.05, 0) is 25.5 Å². The molecule has 0 aliphatic heterocycles. The van der Waals surface area contributed by atoms with Crippen LogP contribution in [-0.4, -0.2) is 23.1 Å². The molecule has 2 rings (SSSR count). The Morgan fingerprint density at radius 3 is 3.05 bits per heavy atom. The third-order valence-corrected chi connectivity index (χ3v) is 3.39. The fourth-order valence-electron chi connectivity index (χ4n) is 1.68. The number of anilines is 1. The summed E-state index contributed by atoms with van der Waals surface area (Å²) in [5.74, 6) is 1.63. The molecule has 0 aliphatic carbocycles. The average Bonchev–Trinajstić information content (AvgIpc) is 2.83. The highest BCUT2D eigenvalue weighted by Gasteiger charge is 2.04.